The van der Waals surface area contributed by atoms with E-state index in [9.17, 15) is 0 Å². The van der Waals surface area contributed by atoms with Gasteiger partial charge in [-0.05, 0) is 31.6 Å². The first kappa shape index (κ1) is 7.77. The zero-order valence-electron chi connectivity index (χ0n) is 7.06. The van der Waals surface area contributed by atoms with E-state index in [1.165, 1.54) is 31.4 Å². The van der Waals surface area contributed by atoms with Gasteiger partial charge in [-0.1, -0.05) is 13.8 Å². The summed E-state index contributed by atoms with van der Waals surface area (Å²) in [6, 6.07) is 0. The van der Waals surface area contributed by atoms with Gasteiger partial charge in [-0.25, -0.2) is 0 Å². The van der Waals surface area contributed by atoms with Gasteiger partial charge in [0.05, 0.1) is 0 Å². The van der Waals surface area contributed by atoms with Crippen LogP contribution in [0.1, 0.15) is 39.5 Å². The standard InChI is InChI=1S/C9H17N/c1-8(2)7-10-9-5-3-4-6-9/h8H,3-7H2,1-2H3. The molecule has 1 saturated carbocycles. The number of aliphatic imine (C=N–C) groups is 1. The van der Waals surface area contributed by atoms with Crippen molar-refractivity contribution in [3.05, 3.63) is 0 Å². The molecule has 10 heavy (non-hydrogen) atoms. The fourth-order valence-corrected chi connectivity index (χ4v) is 1.25. The van der Waals surface area contributed by atoms with Crippen molar-refractivity contribution in [2.75, 3.05) is 6.54 Å². The van der Waals surface area contributed by atoms with Crippen LogP contribution in [0.4, 0.5) is 0 Å². The minimum Gasteiger partial charge on any atom is -0.294 e. The van der Waals surface area contributed by atoms with Gasteiger partial charge in [-0.15, -0.1) is 0 Å². The van der Waals surface area contributed by atoms with Crippen molar-refractivity contribution in [2.24, 2.45) is 10.9 Å². The molecule has 1 rings (SSSR count). The van der Waals surface area contributed by atoms with Crippen LogP contribution in [-0.4, -0.2) is 12.3 Å². The second kappa shape index (κ2) is 3.75. The maximum atomic E-state index is 4.54. The molecule has 0 amide bonds. The third-order valence-electron chi connectivity index (χ3n) is 1.86. The van der Waals surface area contributed by atoms with Gasteiger partial charge in [0, 0.05) is 12.3 Å². The third-order valence-corrected chi connectivity index (χ3v) is 1.86. The summed E-state index contributed by atoms with van der Waals surface area (Å²) in [7, 11) is 0. The SMILES string of the molecule is CC(C)CN=C1CCCC1. The number of hydrogen-bond donors (Lipinski definition) is 0. The molecule has 0 saturated heterocycles. The van der Waals surface area contributed by atoms with Crippen LogP contribution in [0.25, 0.3) is 0 Å². The molecule has 58 valence electrons. The minimum atomic E-state index is 0.730. The first-order chi connectivity index (χ1) is 4.79. The van der Waals surface area contributed by atoms with Crippen molar-refractivity contribution in [1.29, 1.82) is 0 Å². The van der Waals surface area contributed by atoms with Crippen molar-refractivity contribution in [3.8, 4) is 0 Å². The topological polar surface area (TPSA) is 12.4 Å². The molecule has 0 bridgehead atoms. The Bertz CT molecular complexity index is 117. The first-order valence-corrected chi connectivity index (χ1v) is 4.31. The highest BCUT2D eigenvalue weighted by Gasteiger charge is 2.06. The van der Waals surface area contributed by atoms with Gasteiger partial charge in [0.2, 0.25) is 0 Å². The summed E-state index contributed by atoms with van der Waals surface area (Å²) in [4.78, 5) is 4.54. The van der Waals surface area contributed by atoms with E-state index in [2.05, 4.69) is 18.8 Å². The smallest absolute Gasteiger partial charge is 0.0411 e. The van der Waals surface area contributed by atoms with Gasteiger partial charge in [0.25, 0.3) is 0 Å². The van der Waals surface area contributed by atoms with Crippen LogP contribution in [0.15, 0.2) is 4.99 Å². The lowest BCUT2D eigenvalue weighted by molar-refractivity contribution is 0.664. The molecule has 0 spiro atoms. The average molecular weight is 139 g/mol. The lowest BCUT2D eigenvalue weighted by atomic mass is 10.2. The molecular formula is C9H17N. The van der Waals surface area contributed by atoms with Crippen LogP contribution in [0.3, 0.4) is 0 Å². The molecule has 0 aliphatic heterocycles. The van der Waals surface area contributed by atoms with Crippen LogP contribution in [0, 0.1) is 5.92 Å². The van der Waals surface area contributed by atoms with Gasteiger partial charge < -0.3 is 0 Å². The van der Waals surface area contributed by atoms with E-state index >= 15 is 0 Å². The zero-order chi connectivity index (χ0) is 7.40. The normalized spacial score (nSPS) is 18.5. The average Bonchev–Trinajstić information content (AvgIpc) is 2.34. The molecule has 1 nitrogen and oxygen atoms in total. The summed E-state index contributed by atoms with van der Waals surface area (Å²) in [6.07, 6.45) is 5.29. The van der Waals surface area contributed by atoms with Gasteiger partial charge in [-0.2, -0.15) is 0 Å². The van der Waals surface area contributed by atoms with E-state index in [-0.39, 0.29) is 0 Å². The number of nitrogens with zero attached hydrogens (tertiary/aromatic N) is 1. The fourth-order valence-electron chi connectivity index (χ4n) is 1.25. The summed E-state index contributed by atoms with van der Waals surface area (Å²) in [5.41, 5.74) is 1.47. The highest BCUT2D eigenvalue weighted by atomic mass is 14.7. The third kappa shape index (κ3) is 2.51. The van der Waals surface area contributed by atoms with Crippen LogP contribution in [-0.2, 0) is 0 Å². The molecule has 1 heteroatoms. The largest absolute Gasteiger partial charge is 0.294 e. The van der Waals surface area contributed by atoms with Crippen molar-refractivity contribution < 1.29 is 0 Å². The maximum absolute atomic E-state index is 4.54. The Kier molecular flexibility index (Phi) is 2.91. The van der Waals surface area contributed by atoms with Crippen LogP contribution >= 0.6 is 0 Å². The maximum Gasteiger partial charge on any atom is 0.0411 e. The molecule has 0 unspecified atom stereocenters. The molecule has 0 aromatic rings. The van der Waals surface area contributed by atoms with E-state index in [1.54, 1.807) is 0 Å². The van der Waals surface area contributed by atoms with Gasteiger partial charge in [0.15, 0.2) is 0 Å². The fraction of sp³-hybridized carbons (Fsp3) is 0.889. The monoisotopic (exact) mass is 139 g/mol. The molecule has 0 aromatic carbocycles. The van der Waals surface area contributed by atoms with Crippen molar-refractivity contribution in [2.45, 2.75) is 39.5 Å². The molecule has 1 aliphatic rings. The summed E-state index contributed by atoms with van der Waals surface area (Å²) >= 11 is 0. The molecule has 0 aromatic heterocycles. The van der Waals surface area contributed by atoms with E-state index in [0.717, 1.165) is 12.5 Å². The van der Waals surface area contributed by atoms with Gasteiger partial charge >= 0.3 is 0 Å². The van der Waals surface area contributed by atoms with Crippen LogP contribution in [0.5, 0.6) is 0 Å². The lowest BCUT2D eigenvalue weighted by Gasteiger charge is -1.99. The van der Waals surface area contributed by atoms with Crippen molar-refractivity contribution in [3.63, 3.8) is 0 Å². The number of rotatable bonds is 2. The van der Waals surface area contributed by atoms with Crippen LogP contribution < -0.4 is 0 Å². The minimum absolute atomic E-state index is 0.730. The van der Waals surface area contributed by atoms with Crippen molar-refractivity contribution >= 4 is 5.71 Å². The van der Waals surface area contributed by atoms with Gasteiger partial charge in [-0.3, -0.25) is 4.99 Å². The Balaban J connectivity index is 2.25. The summed E-state index contributed by atoms with van der Waals surface area (Å²) in [5, 5.41) is 0. The Morgan fingerprint density at radius 2 is 1.90 bits per heavy atom. The quantitative estimate of drug-likeness (QED) is 0.557. The highest BCUT2D eigenvalue weighted by molar-refractivity contribution is 5.86. The van der Waals surface area contributed by atoms with E-state index in [1.807, 2.05) is 0 Å². The highest BCUT2D eigenvalue weighted by Crippen LogP contribution is 2.14. The number of hydrogen-bond acceptors (Lipinski definition) is 1. The Labute approximate surface area is 63.5 Å². The van der Waals surface area contributed by atoms with Crippen molar-refractivity contribution in [1.82, 2.24) is 0 Å². The molecule has 0 heterocycles. The summed E-state index contributed by atoms with van der Waals surface area (Å²) < 4.78 is 0. The molecule has 0 atom stereocenters. The predicted molar refractivity (Wildman–Crippen MR) is 45.6 cm³/mol. The van der Waals surface area contributed by atoms with E-state index in [4.69, 9.17) is 0 Å². The predicted octanol–water partition coefficient (Wildman–Crippen LogP) is 2.66. The molecule has 1 aliphatic carbocycles. The van der Waals surface area contributed by atoms with E-state index in [0.29, 0.717) is 0 Å². The Hall–Kier alpha value is -0.330. The zero-order valence-corrected chi connectivity index (χ0v) is 7.06. The molecular weight excluding hydrogens is 122 g/mol. The van der Waals surface area contributed by atoms with Gasteiger partial charge in [0.1, 0.15) is 0 Å². The summed E-state index contributed by atoms with van der Waals surface area (Å²) in [5.74, 6) is 0.730. The Morgan fingerprint density at radius 3 is 2.40 bits per heavy atom. The van der Waals surface area contributed by atoms with Crippen LogP contribution in [0.2, 0.25) is 0 Å². The molecule has 0 N–H and O–H groups in total. The molecule has 0 radical (unpaired) electrons. The second-order valence-electron chi connectivity index (χ2n) is 3.51. The summed E-state index contributed by atoms with van der Waals surface area (Å²) in [6.45, 7) is 5.48. The lowest BCUT2D eigenvalue weighted by Crippen LogP contribution is -1.97. The van der Waals surface area contributed by atoms with E-state index < -0.39 is 0 Å². The molecule has 1 fully saturated rings. The second-order valence-corrected chi connectivity index (χ2v) is 3.51. The first-order valence-electron chi connectivity index (χ1n) is 4.31. The Morgan fingerprint density at radius 1 is 1.30 bits per heavy atom.